The molecule has 33 heavy (non-hydrogen) atoms. The van der Waals surface area contributed by atoms with E-state index >= 15 is 0 Å². The zero-order valence-electron chi connectivity index (χ0n) is 17.5. The minimum Gasteiger partial charge on any atom is -0.375 e. The molecule has 3 N–H and O–H groups in total. The Bertz CT molecular complexity index is 1220. The highest BCUT2D eigenvalue weighted by Gasteiger charge is 2.45. The third-order valence-electron chi connectivity index (χ3n) is 5.91. The molecule has 0 radical (unpaired) electrons. The van der Waals surface area contributed by atoms with Crippen molar-refractivity contribution in [3.05, 3.63) is 58.7 Å². The molecule has 1 atom stereocenters. The van der Waals surface area contributed by atoms with Gasteiger partial charge in [0.1, 0.15) is 6.04 Å². The number of nitrogens with one attached hydrogen (secondary N) is 3. The fourth-order valence-corrected chi connectivity index (χ4v) is 4.29. The molecule has 0 bridgehead atoms. The molecule has 3 heterocycles. The Hall–Kier alpha value is -4.05. The number of fused-ring (bicyclic) bond motifs is 2. The molecule has 168 valence electrons. The van der Waals surface area contributed by atoms with Gasteiger partial charge < -0.3 is 15.4 Å². The van der Waals surface area contributed by atoms with E-state index in [2.05, 4.69) is 16.0 Å². The number of ether oxygens (including phenoxy) is 1. The van der Waals surface area contributed by atoms with Crippen molar-refractivity contribution in [2.75, 3.05) is 17.2 Å². The summed E-state index contributed by atoms with van der Waals surface area (Å²) in [5.74, 6) is -2.67. The second-order valence-corrected chi connectivity index (χ2v) is 8.05. The molecule has 10 heteroatoms. The summed E-state index contributed by atoms with van der Waals surface area (Å²) in [6.45, 7) is 0.935. The van der Waals surface area contributed by atoms with Gasteiger partial charge in [-0.25, -0.2) is 0 Å². The number of nitrogens with zero attached hydrogens (tertiary/aromatic N) is 1. The molecule has 3 aliphatic heterocycles. The number of carbonyl (C=O) groups excluding carboxylic acids is 5. The highest BCUT2D eigenvalue weighted by atomic mass is 16.5. The molecule has 0 aliphatic carbocycles. The van der Waals surface area contributed by atoms with Crippen molar-refractivity contribution in [2.45, 2.75) is 32.1 Å². The molecule has 5 rings (SSSR count). The lowest BCUT2D eigenvalue weighted by atomic mass is 10.0. The lowest BCUT2D eigenvalue weighted by Gasteiger charge is -2.27. The highest BCUT2D eigenvalue weighted by molar-refractivity contribution is 6.25. The van der Waals surface area contributed by atoms with Gasteiger partial charge in [-0.2, -0.15) is 0 Å². The summed E-state index contributed by atoms with van der Waals surface area (Å²) < 4.78 is 5.38. The van der Waals surface area contributed by atoms with E-state index in [4.69, 9.17) is 4.74 Å². The van der Waals surface area contributed by atoms with E-state index in [9.17, 15) is 24.0 Å². The summed E-state index contributed by atoms with van der Waals surface area (Å²) in [6.07, 6.45) is 0.122. The molecule has 0 saturated carbocycles. The van der Waals surface area contributed by atoms with Crippen LogP contribution in [0.3, 0.4) is 0 Å². The van der Waals surface area contributed by atoms with Gasteiger partial charge in [0.05, 0.1) is 30.9 Å². The number of imide groups is 2. The first-order valence-corrected chi connectivity index (χ1v) is 10.5. The van der Waals surface area contributed by atoms with Crippen molar-refractivity contribution >= 4 is 40.9 Å². The summed E-state index contributed by atoms with van der Waals surface area (Å²) in [5.41, 5.74) is 3.33. The number of amides is 5. The first-order chi connectivity index (χ1) is 15.9. The van der Waals surface area contributed by atoms with Crippen LogP contribution in [0.25, 0.3) is 0 Å². The highest BCUT2D eigenvalue weighted by Crippen LogP contribution is 2.32. The third-order valence-corrected chi connectivity index (χ3v) is 5.91. The number of piperidine rings is 1. The predicted molar refractivity (Wildman–Crippen MR) is 115 cm³/mol. The van der Waals surface area contributed by atoms with Gasteiger partial charge in [-0.3, -0.25) is 34.2 Å². The second-order valence-electron chi connectivity index (χ2n) is 8.05. The Balaban J connectivity index is 1.29. The fourth-order valence-electron chi connectivity index (χ4n) is 4.29. The van der Waals surface area contributed by atoms with E-state index in [1.165, 1.54) is 6.07 Å². The lowest BCUT2D eigenvalue weighted by Crippen LogP contribution is -2.54. The van der Waals surface area contributed by atoms with Gasteiger partial charge in [-0.15, -0.1) is 0 Å². The number of benzene rings is 2. The smallest absolute Gasteiger partial charge is 0.264 e. The van der Waals surface area contributed by atoms with Gasteiger partial charge in [0, 0.05) is 17.8 Å². The van der Waals surface area contributed by atoms with E-state index in [1.807, 2.05) is 12.1 Å². The van der Waals surface area contributed by atoms with Crippen molar-refractivity contribution in [1.29, 1.82) is 0 Å². The monoisotopic (exact) mass is 448 g/mol. The van der Waals surface area contributed by atoms with Crippen molar-refractivity contribution in [1.82, 2.24) is 10.2 Å². The van der Waals surface area contributed by atoms with Crippen molar-refractivity contribution < 1.29 is 28.7 Å². The average molecular weight is 448 g/mol. The number of hydrogen-bond donors (Lipinski definition) is 3. The normalized spacial score (nSPS) is 19.3. The average Bonchev–Trinajstić information content (AvgIpc) is 3.35. The van der Waals surface area contributed by atoms with Gasteiger partial charge in [0.25, 0.3) is 11.8 Å². The first kappa shape index (κ1) is 20.8. The van der Waals surface area contributed by atoms with Gasteiger partial charge in [0.15, 0.2) is 0 Å². The maximum Gasteiger partial charge on any atom is 0.264 e. The number of rotatable bonds is 5. The Morgan fingerprint density at radius 3 is 2.70 bits per heavy atom. The Morgan fingerprint density at radius 2 is 1.88 bits per heavy atom. The third kappa shape index (κ3) is 3.74. The summed E-state index contributed by atoms with van der Waals surface area (Å²) in [5, 5.41) is 7.88. The van der Waals surface area contributed by atoms with Crippen LogP contribution in [0.1, 0.15) is 44.7 Å². The molecular formula is C23H20N4O6. The molecule has 0 aromatic heterocycles. The van der Waals surface area contributed by atoms with Crippen LogP contribution >= 0.6 is 0 Å². The summed E-state index contributed by atoms with van der Waals surface area (Å²) in [6, 6.07) is 9.21. The van der Waals surface area contributed by atoms with Crippen LogP contribution < -0.4 is 16.0 Å². The zero-order chi connectivity index (χ0) is 23.1. The maximum atomic E-state index is 13.1. The second kappa shape index (κ2) is 8.14. The SMILES string of the molecule is O=C1CCC(N2C(=O)c3cccc(NCC(=O)Nc4ccc5c(c4)COC5)c3C2=O)C(=O)N1. The maximum absolute atomic E-state index is 13.1. The standard InChI is InChI=1S/C23H20N4O6/c28-18-7-6-17(21(30)26-18)27-22(31)15-2-1-3-16(20(15)23(27)32)24-9-19(29)25-14-5-4-12-10-33-11-13(12)8-14/h1-5,8,17,24H,6-7,9-11H2,(H,25,29)(H,26,28,30). The topological polar surface area (TPSA) is 134 Å². The molecule has 2 aromatic carbocycles. The van der Waals surface area contributed by atoms with Gasteiger partial charge in [-0.1, -0.05) is 12.1 Å². The van der Waals surface area contributed by atoms with Gasteiger partial charge >= 0.3 is 0 Å². The summed E-state index contributed by atoms with van der Waals surface area (Å²) >= 11 is 0. The van der Waals surface area contributed by atoms with Crippen LogP contribution in [-0.4, -0.2) is 47.0 Å². The number of carbonyl (C=O) groups is 5. The lowest BCUT2D eigenvalue weighted by molar-refractivity contribution is -0.136. The predicted octanol–water partition coefficient (Wildman–Crippen LogP) is 1.17. The van der Waals surface area contributed by atoms with E-state index in [-0.39, 0.29) is 36.4 Å². The molecule has 10 nitrogen and oxygen atoms in total. The zero-order valence-corrected chi connectivity index (χ0v) is 17.5. The molecule has 1 unspecified atom stereocenters. The molecule has 5 amide bonds. The van der Waals surface area contributed by atoms with Gasteiger partial charge in [0.2, 0.25) is 17.7 Å². The van der Waals surface area contributed by atoms with Crippen molar-refractivity contribution in [2.24, 2.45) is 0 Å². The van der Waals surface area contributed by atoms with Crippen molar-refractivity contribution in [3.63, 3.8) is 0 Å². The fraction of sp³-hybridized carbons (Fsp3) is 0.261. The Kier molecular flexibility index (Phi) is 5.14. The number of anilines is 2. The molecule has 2 aromatic rings. The Labute approximate surface area is 188 Å². The van der Waals surface area contributed by atoms with Crippen LogP contribution in [-0.2, 0) is 32.3 Å². The largest absolute Gasteiger partial charge is 0.375 e. The molecule has 3 aliphatic rings. The van der Waals surface area contributed by atoms with Crippen LogP contribution in [0.15, 0.2) is 36.4 Å². The van der Waals surface area contributed by atoms with E-state index in [1.54, 1.807) is 18.2 Å². The number of hydrogen-bond acceptors (Lipinski definition) is 7. The van der Waals surface area contributed by atoms with Crippen LogP contribution in [0.2, 0.25) is 0 Å². The van der Waals surface area contributed by atoms with Crippen LogP contribution in [0.4, 0.5) is 11.4 Å². The molecule has 1 saturated heterocycles. The van der Waals surface area contributed by atoms with Gasteiger partial charge in [-0.05, 0) is 41.8 Å². The minimum absolute atomic E-state index is 0.0455. The van der Waals surface area contributed by atoms with Crippen LogP contribution in [0, 0.1) is 0 Å². The van der Waals surface area contributed by atoms with Crippen LogP contribution in [0.5, 0.6) is 0 Å². The Morgan fingerprint density at radius 1 is 1.06 bits per heavy atom. The summed E-state index contributed by atoms with van der Waals surface area (Å²) in [7, 11) is 0. The summed E-state index contributed by atoms with van der Waals surface area (Å²) in [4.78, 5) is 63.0. The minimum atomic E-state index is -1.05. The quantitative estimate of drug-likeness (QED) is 0.585. The molecule has 0 spiro atoms. The van der Waals surface area contributed by atoms with Crippen molar-refractivity contribution in [3.8, 4) is 0 Å². The molecular weight excluding hydrogens is 428 g/mol. The first-order valence-electron chi connectivity index (χ1n) is 10.5. The van der Waals surface area contributed by atoms with E-state index in [0.717, 1.165) is 16.0 Å². The molecule has 1 fully saturated rings. The van der Waals surface area contributed by atoms with E-state index in [0.29, 0.717) is 24.6 Å². The van der Waals surface area contributed by atoms with E-state index < -0.39 is 29.7 Å².